The molecule has 0 saturated carbocycles. The maximum atomic E-state index is 12.8. The highest BCUT2D eigenvalue weighted by Crippen LogP contribution is 2.21. The van der Waals surface area contributed by atoms with E-state index in [1.807, 2.05) is 43.0 Å². The molecule has 0 fully saturated rings. The lowest BCUT2D eigenvalue weighted by molar-refractivity contribution is -0.130. The molecule has 0 spiro atoms. The van der Waals surface area contributed by atoms with Crippen molar-refractivity contribution in [3.05, 3.63) is 64.7 Å². The number of guanidine groups is 1. The molecule has 0 atom stereocenters. The molecule has 1 heterocycles. The van der Waals surface area contributed by atoms with E-state index >= 15 is 0 Å². The van der Waals surface area contributed by atoms with Crippen molar-refractivity contribution < 1.29 is 14.3 Å². The third-order valence-electron chi connectivity index (χ3n) is 5.41. The van der Waals surface area contributed by atoms with Gasteiger partial charge in [-0.05, 0) is 43.0 Å². The third-order valence-corrected chi connectivity index (χ3v) is 5.41. The summed E-state index contributed by atoms with van der Waals surface area (Å²) >= 11 is 0. The Kier molecular flexibility index (Phi) is 8.92. The summed E-state index contributed by atoms with van der Waals surface area (Å²) in [7, 11) is 1.66. The number of methoxy groups -OCH3 is 1. The Balaban J connectivity index is 1.59. The van der Waals surface area contributed by atoms with Gasteiger partial charge < -0.3 is 25.0 Å². The topological polar surface area (TPSA) is 75.2 Å². The number of hydrogen-bond acceptors (Lipinski definition) is 4. The van der Waals surface area contributed by atoms with E-state index in [4.69, 9.17) is 9.47 Å². The van der Waals surface area contributed by atoms with Gasteiger partial charge in [0.15, 0.2) is 5.96 Å². The summed E-state index contributed by atoms with van der Waals surface area (Å²) in [6.07, 6.45) is 0.898. The van der Waals surface area contributed by atoms with Gasteiger partial charge in [-0.3, -0.25) is 4.79 Å². The van der Waals surface area contributed by atoms with Gasteiger partial charge in [-0.15, -0.1) is 0 Å². The number of amides is 1. The maximum Gasteiger partial charge on any atom is 0.242 e. The minimum Gasteiger partial charge on any atom is -0.491 e. The van der Waals surface area contributed by atoms with E-state index in [1.54, 1.807) is 7.11 Å². The van der Waals surface area contributed by atoms with Crippen LogP contribution in [0.2, 0.25) is 0 Å². The number of benzene rings is 2. The van der Waals surface area contributed by atoms with Gasteiger partial charge >= 0.3 is 0 Å². The SMILES string of the molecule is CCNC(=NCc1ccc(C)cc1OCCOC)NCC(=O)N1CCc2ccccc2C1. The Morgan fingerprint density at radius 2 is 1.94 bits per heavy atom. The standard InChI is InChI=1S/C25H34N4O3/c1-4-26-25(27-16-21-10-9-19(2)15-23(21)32-14-13-31-3)28-17-24(30)29-12-11-20-7-5-6-8-22(20)18-29/h5-10,15H,4,11-14,16-18H2,1-3H3,(H2,26,27,28). The summed E-state index contributed by atoms with van der Waals surface area (Å²) in [5.74, 6) is 1.50. The molecule has 1 aliphatic heterocycles. The minimum absolute atomic E-state index is 0.0732. The second kappa shape index (κ2) is 12.1. The first-order valence-electron chi connectivity index (χ1n) is 11.2. The molecule has 1 aliphatic rings. The second-order valence-electron chi connectivity index (χ2n) is 7.84. The highest BCUT2D eigenvalue weighted by molar-refractivity contribution is 5.86. The van der Waals surface area contributed by atoms with Gasteiger partial charge in [0.25, 0.3) is 0 Å². The van der Waals surface area contributed by atoms with Crippen LogP contribution in [0, 0.1) is 6.92 Å². The molecule has 7 nitrogen and oxygen atoms in total. The first-order valence-corrected chi connectivity index (χ1v) is 11.2. The van der Waals surface area contributed by atoms with Gasteiger partial charge in [-0.25, -0.2) is 4.99 Å². The maximum absolute atomic E-state index is 12.8. The molecule has 0 aliphatic carbocycles. The average molecular weight is 439 g/mol. The highest BCUT2D eigenvalue weighted by Gasteiger charge is 2.20. The zero-order valence-corrected chi connectivity index (χ0v) is 19.3. The lowest BCUT2D eigenvalue weighted by atomic mass is 10.00. The normalized spacial score (nSPS) is 13.5. The summed E-state index contributed by atoms with van der Waals surface area (Å²) in [6.45, 7) is 7.84. The minimum atomic E-state index is 0.0732. The van der Waals surface area contributed by atoms with E-state index in [1.165, 1.54) is 11.1 Å². The third kappa shape index (κ3) is 6.72. The number of aliphatic imine (C=N–C) groups is 1. The molecule has 0 aromatic heterocycles. The van der Waals surface area contributed by atoms with Crippen LogP contribution in [0.4, 0.5) is 0 Å². The van der Waals surface area contributed by atoms with E-state index in [9.17, 15) is 4.79 Å². The number of aryl methyl sites for hydroxylation is 1. The number of carbonyl (C=O) groups excluding carboxylic acids is 1. The monoisotopic (exact) mass is 438 g/mol. The molecule has 2 aromatic carbocycles. The van der Waals surface area contributed by atoms with Crippen molar-refractivity contribution in [2.75, 3.05) is 40.0 Å². The smallest absolute Gasteiger partial charge is 0.242 e. The zero-order chi connectivity index (χ0) is 22.8. The molecular weight excluding hydrogens is 404 g/mol. The molecule has 172 valence electrons. The average Bonchev–Trinajstić information content (AvgIpc) is 2.81. The Labute approximate surface area is 190 Å². The molecule has 3 rings (SSSR count). The lowest BCUT2D eigenvalue weighted by Crippen LogP contribution is -2.45. The molecule has 32 heavy (non-hydrogen) atoms. The van der Waals surface area contributed by atoms with E-state index < -0.39 is 0 Å². The molecule has 2 aromatic rings. The molecule has 0 radical (unpaired) electrons. The Hall–Kier alpha value is -3.06. The molecular formula is C25H34N4O3. The molecule has 7 heteroatoms. The zero-order valence-electron chi connectivity index (χ0n) is 19.3. The second-order valence-corrected chi connectivity index (χ2v) is 7.84. The number of nitrogens with one attached hydrogen (secondary N) is 2. The van der Waals surface area contributed by atoms with Crippen LogP contribution in [0.25, 0.3) is 0 Å². The number of rotatable bonds is 9. The molecule has 0 saturated heterocycles. The molecule has 2 N–H and O–H groups in total. The number of carbonyl (C=O) groups is 1. The fourth-order valence-corrected chi connectivity index (χ4v) is 3.65. The summed E-state index contributed by atoms with van der Waals surface area (Å²) in [4.78, 5) is 19.3. The van der Waals surface area contributed by atoms with Crippen molar-refractivity contribution in [2.45, 2.75) is 33.4 Å². The van der Waals surface area contributed by atoms with Crippen LogP contribution in [-0.2, 0) is 29.0 Å². The highest BCUT2D eigenvalue weighted by atomic mass is 16.5. The van der Waals surface area contributed by atoms with Crippen LogP contribution in [0.5, 0.6) is 5.75 Å². The van der Waals surface area contributed by atoms with Crippen LogP contribution < -0.4 is 15.4 Å². The number of fused-ring (bicyclic) bond motifs is 1. The van der Waals surface area contributed by atoms with Crippen LogP contribution >= 0.6 is 0 Å². The van der Waals surface area contributed by atoms with Gasteiger partial charge in [0.05, 0.1) is 19.7 Å². The van der Waals surface area contributed by atoms with Gasteiger partial charge in [0.1, 0.15) is 12.4 Å². The summed E-state index contributed by atoms with van der Waals surface area (Å²) in [5.41, 5.74) is 4.68. The van der Waals surface area contributed by atoms with E-state index in [-0.39, 0.29) is 12.5 Å². The number of ether oxygens (including phenoxy) is 2. The Morgan fingerprint density at radius 1 is 1.12 bits per heavy atom. The number of nitrogens with zero attached hydrogens (tertiary/aromatic N) is 2. The van der Waals surface area contributed by atoms with Crippen LogP contribution in [-0.4, -0.2) is 56.7 Å². The van der Waals surface area contributed by atoms with Crippen molar-refractivity contribution in [3.63, 3.8) is 0 Å². The fourth-order valence-electron chi connectivity index (χ4n) is 3.65. The lowest BCUT2D eigenvalue weighted by Gasteiger charge is -2.29. The summed E-state index contributed by atoms with van der Waals surface area (Å²) in [5, 5.41) is 6.40. The van der Waals surface area contributed by atoms with Crippen molar-refractivity contribution in [3.8, 4) is 5.75 Å². The van der Waals surface area contributed by atoms with Crippen LogP contribution in [0.3, 0.4) is 0 Å². The predicted octanol–water partition coefficient (Wildman–Crippen LogP) is 2.66. The van der Waals surface area contributed by atoms with Gasteiger partial charge in [-0.2, -0.15) is 0 Å². The predicted molar refractivity (Wildman–Crippen MR) is 127 cm³/mol. The Morgan fingerprint density at radius 3 is 2.72 bits per heavy atom. The summed E-state index contributed by atoms with van der Waals surface area (Å²) < 4.78 is 10.9. The molecule has 1 amide bonds. The van der Waals surface area contributed by atoms with Crippen molar-refractivity contribution in [2.24, 2.45) is 4.99 Å². The van der Waals surface area contributed by atoms with Gasteiger partial charge in [-0.1, -0.05) is 36.4 Å². The van der Waals surface area contributed by atoms with E-state index in [0.717, 1.165) is 29.8 Å². The molecule has 0 unspecified atom stereocenters. The first kappa shape index (κ1) is 23.6. The van der Waals surface area contributed by atoms with E-state index in [0.29, 0.717) is 38.8 Å². The van der Waals surface area contributed by atoms with E-state index in [2.05, 4.69) is 33.8 Å². The first-order chi connectivity index (χ1) is 15.6. The molecule has 0 bridgehead atoms. The van der Waals surface area contributed by atoms with Crippen LogP contribution in [0.1, 0.15) is 29.2 Å². The summed E-state index contributed by atoms with van der Waals surface area (Å²) in [6, 6.07) is 14.4. The van der Waals surface area contributed by atoms with Gasteiger partial charge in [0.2, 0.25) is 5.91 Å². The largest absolute Gasteiger partial charge is 0.491 e. The van der Waals surface area contributed by atoms with Crippen molar-refractivity contribution >= 4 is 11.9 Å². The van der Waals surface area contributed by atoms with Crippen molar-refractivity contribution in [1.82, 2.24) is 15.5 Å². The fraction of sp³-hybridized carbons (Fsp3) is 0.440. The number of hydrogen-bond donors (Lipinski definition) is 2. The van der Waals surface area contributed by atoms with Gasteiger partial charge in [0, 0.05) is 32.3 Å². The Bertz CT molecular complexity index is 929. The van der Waals surface area contributed by atoms with Crippen molar-refractivity contribution in [1.29, 1.82) is 0 Å². The quantitative estimate of drug-likeness (QED) is 0.358. The van der Waals surface area contributed by atoms with Crippen LogP contribution in [0.15, 0.2) is 47.5 Å².